The van der Waals surface area contributed by atoms with E-state index in [1.54, 1.807) is 36.8 Å². The van der Waals surface area contributed by atoms with E-state index in [2.05, 4.69) is 16.4 Å². The summed E-state index contributed by atoms with van der Waals surface area (Å²) in [5.74, 6) is 1.20. The van der Waals surface area contributed by atoms with Gasteiger partial charge in [-0.05, 0) is 49.2 Å². The number of ketones is 1. The summed E-state index contributed by atoms with van der Waals surface area (Å²) < 4.78 is 5.12. The van der Waals surface area contributed by atoms with E-state index in [1.807, 2.05) is 29.2 Å². The van der Waals surface area contributed by atoms with Gasteiger partial charge in [0.05, 0.1) is 23.9 Å². The van der Waals surface area contributed by atoms with Crippen molar-refractivity contribution < 1.29 is 19.1 Å². The predicted octanol–water partition coefficient (Wildman–Crippen LogP) is 5.78. The van der Waals surface area contributed by atoms with Crippen molar-refractivity contribution in [2.24, 2.45) is 0 Å². The zero-order chi connectivity index (χ0) is 27.6. The number of Topliss-reactive ketones (excluding diaryl/α,β-unsaturated/α-hetero) is 1. The fraction of sp³-hybridized carbons (Fsp3) is 0.345. The third kappa shape index (κ3) is 7.68. The second-order valence-electron chi connectivity index (χ2n) is 9.08. The summed E-state index contributed by atoms with van der Waals surface area (Å²) in [6.45, 7) is 1.21. The van der Waals surface area contributed by atoms with Gasteiger partial charge in [0.25, 0.3) is 5.91 Å². The number of piperidine rings is 1. The van der Waals surface area contributed by atoms with Crippen molar-refractivity contribution in [1.82, 2.24) is 9.88 Å². The molecular weight excluding hydrogens is 532 g/mol. The molecule has 2 amide bonds. The normalized spacial score (nSPS) is 13.5. The maximum Gasteiger partial charge on any atom is 0.275 e. The molecule has 0 unspecified atom stereocenters. The zero-order valence-corrected chi connectivity index (χ0v) is 23.4. The molecular formula is C29H30N4O4S2. The smallest absolute Gasteiger partial charge is 0.275 e. The number of para-hydroxylation sites is 1. The molecule has 39 heavy (non-hydrogen) atoms. The first-order valence-electron chi connectivity index (χ1n) is 12.8. The van der Waals surface area contributed by atoms with Gasteiger partial charge in [0.2, 0.25) is 5.91 Å². The summed E-state index contributed by atoms with van der Waals surface area (Å²) in [5, 5.41) is 14.4. The van der Waals surface area contributed by atoms with Crippen molar-refractivity contribution >= 4 is 46.4 Å². The third-order valence-electron chi connectivity index (χ3n) is 6.54. The molecule has 1 saturated heterocycles. The second-order valence-corrected chi connectivity index (χ2v) is 11.1. The summed E-state index contributed by atoms with van der Waals surface area (Å²) in [6.07, 6.45) is 2.34. The molecule has 1 aromatic heterocycles. The van der Waals surface area contributed by atoms with Crippen LogP contribution in [0.3, 0.4) is 0 Å². The number of thioether (sulfide) groups is 1. The van der Waals surface area contributed by atoms with E-state index >= 15 is 0 Å². The number of likely N-dealkylation sites (tertiary alicyclic amines) is 1. The van der Waals surface area contributed by atoms with Crippen LogP contribution in [0.2, 0.25) is 0 Å². The van der Waals surface area contributed by atoms with Gasteiger partial charge < -0.3 is 15.0 Å². The minimum atomic E-state index is -0.264. The molecule has 0 radical (unpaired) electrons. The van der Waals surface area contributed by atoms with Crippen molar-refractivity contribution in [1.29, 1.82) is 5.26 Å². The van der Waals surface area contributed by atoms with E-state index in [9.17, 15) is 14.4 Å². The quantitative estimate of drug-likeness (QED) is 0.179. The van der Waals surface area contributed by atoms with Crippen LogP contribution in [0.15, 0.2) is 58.8 Å². The Labute approximate surface area is 236 Å². The lowest BCUT2D eigenvalue weighted by atomic mass is 9.97. The highest BCUT2D eigenvalue weighted by Crippen LogP contribution is 2.32. The first kappa shape index (κ1) is 28.3. The number of hydrogen-bond donors (Lipinski definition) is 1. The van der Waals surface area contributed by atoms with E-state index in [-0.39, 0.29) is 36.4 Å². The maximum atomic E-state index is 12.9. The zero-order valence-electron chi connectivity index (χ0n) is 21.7. The Morgan fingerprint density at radius 1 is 1.13 bits per heavy atom. The molecule has 2 heterocycles. The van der Waals surface area contributed by atoms with E-state index in [0.717, 1.165) is 22.7 Å². The van der Waals surface area contributed by atoms with Crippen molar-refractivity contribution in [3.63, 3.8) is 0 Å². The third-order valence-corrected chi connectivity index (χ3v) is 8.62. The van der Waals surface area contributed by atoms with Crippen molar-refractivity contribution in [2.75, 3.05) is 31.3 Å². The maximum absolute atomic E-state index is 12.9. The molecule has 0 saturated carbocycles. The lowest BCUT2D eigenvalue weighted by molar-refractivity contribution is -0.132. The highest BCUT2D eigenvalue weighted by atomic mass is 32.2. The minimum Gasteiger partial charge on any atom is -0.497 e. The van der Waals surface area contributed by atoms with Crippen molar-refractivity contribution in [3.05, 3.63) is 70.2 Å². The monoisotopic (exact) mass is 562 g/mol. The molecule has 4 rings (SSSR count). The topological polar surface area (TPSA) is 112 Å². The number of carbonyl (C=O) groups is 3. The standard InChI is InChI=1S/C29H30N4O4S2/c1-37-22-9-7-20(8-10-22)25(34)11-12-27(35)33-16-13-21(14-17-33)29-32-24(19-39-29)28(36)31-23-5-2-3-6-26(23)38-18-4-15-30/h2-3,5-10,19,21H,4,11-14,16-18H2,1H3,(H,31,36). The number of nitrogens with one attached hydrogen (secondary N) is 1. The van der Waals surface area contributed by atoms with Gasteiger partial charge in [-0.2, -0.15) is 5.26 Å². The number of nitriles is 1. The Kier molecular flexibility index (Phi) is 10.1. The lowest BCUT2D eigenvalue weighted by Gasteiger charge is -2.31. The Bertz CT molecular complexity index is 1340. The number of hydrogen-bond acceptors (Lipinski definition) is 8. The number of amides is 2. The van der Waals surface area contributed by atoms with Gasteiger partial charge >= 0.3 is 0 Å². The molecule has 0 atom stereocenters. The molecule has 1 N–H and O–H groups in total. The summed E-state index contributed by atoms with van der Waals surface area (Å²) in [7, 11) is 1.57. The van der Waals surface area contributed by atoms with E-state index in [1.165, 1.54) is 23.1 Å². The molecule has 1 aliphatic rings. The summed E-state index contributed by atoms with van der Waals surface area (Å²) in [6, 6.07) is 16.6. The molecule has 202 valence electrons. The number of carbonyl (C=O) groups excluding carboxylic acids is 3. The minimum absolute atomic E-state index is 0.0131. The summed E-state index contributed by atoms with van der Waals surface area (Å²) >= 11 is 3.00. The Hall–Kier alpha value is -3.68. The first-order valence-corrected chi connectivity index (χ1v) is 14.7. The van der Waals surface area contributed by atoms with Crippen LogP contribution in [-0.4, -0.2) is 53.4 Å². The molecule has 1 aliphatic heterocycles. The Morgan fingerprint density at radius 3 is 2.59 bits per heavy atom. The molecule has 0 bridgehead atoms. The van der Waals surface area contributed by atoms with Gasteiger partial charge in [0.1, 0.15) is 11.4 Å². The van der Waals surface area contributed by atoms with Crippen LogP contribution in [0.1, 0.15) is 63.9 Å². The fourth-order valence-electron chi connectivity index (χ4n) is 4.34. The number of nitrogens with zero attached hydrogens (tertiary/aromatic N) is 3. The number of aromatic nitrogens is 1. The van der Waals surface area contributed by atoms with Crippen molar-refractivity contribution in [3.8, 4) is 11.8 Å². The Balaban J connectivity index is 1.25. The number of thiazole rings is 1. The van der Waals surface area contributed by atoms with E-state index in [4.69, 9.17) is 10.00 Å². The van der Waals surface area contributed by atoms with Gasteiger partial charge in [0.15, 0.2) is 5.78 Å². The highest BCUT2D eigenvalue weighted by Gasteiger charge is 2.26. The molecule has 2 aromatic carbocycles. The van der Waals surface area contributed by atoms with Crippen LogP contribution in [0.5, 0.6) is 5.75 Å². The molecule has 8 nitrogen and oxygen atoms in total. The summed E-state index contributed by atoms with van der Waals surface area (Å²) in [4.78, 5) is 45.4. The number of benzene rings is 2. The average molecular weight is 563 g/mol. The number of methoxy groups -OCH3 is 1. The average Bonchev–Trinajstić information content (AvgIpc) is 3.47. The van der Waals surface area contributed by atoms with E-state index in [0.29, 0.717) is 48.0 Å². The SMILES string of the molecule is COc1ccc(C(=O)CCC(=O)N2CCC(c3nc(C(=O)Nc4ccccc4SCCC#N)cs3)CC2)cc1. The van der Waals surface area contributed by atoms with E-state index < -0.39 is 0 Å². The number of anilines is 1. The Morgan fingerprint density at radius 2 is 1.87 bits per heavy atom. The largest absolute Gasteiger partial charge is 0.497 e. The second kappa shape index (κ2) is 13.9. The van der Waals surface area contributed by atoms with Crippen LogP contribution in [0.4, 0.5) is 5.69 Å². The number of ether oxygens (including phenoxy) is 1. The van der Waals surface area contributed by atoms with Gasteiger partial charge in [-0.1, -0.05) is 12.1 Å². The predicted molar refractivity (Wildman–Crippen MR) is 153 cm³/mol. The molecule has 0 aliphatic carbocycles. The van der Waals surface area contributed by atoms with Gasteiger partial charge in [-0.15, -0.1) is 23.1 Å². The number of rotatable bonds is 11. The molecule has 10 heteroatoms. The van der Waals surface area contributed by atoms with Gasteiger partial charge in [-0.25, -0.2) is 4.98 Å². The highest BCUT2D eigenvalue weighted by molar-refractivity contribution is 7.99. The van der Waals surface area contributed by atoms with Crippen LogP contribution >= 0.6 is 23.1 Å². The first-order chi connectivity index (χ1) is 19.0. The fourth-order valence-corrected chi connectivity index (χ4v) is 6.18. The van der Waals surface area contributed by atoms with Crippen LogP contribution < -0.4 is 10.1 Å². The van der Waals surface area contributed by atoms with Crippen molar-refractivity contribution in [2.45, 2.75) is 42.9 Å². The van der Waals surface area contributed by atoms with Gasteiger partial charge in [0, 0.05) is 59.9 Å². The van der Waals surface area contributed by atoms with Gasteiger partial charge in [-0.3, -0.25) is 14.4 Å². The lowest BCUT2D eigenvalue weighted by Crippen LogP contribution is -2.38. The summed E-state index contributed by atoms with van der Waals surface area (Å²) in [5.41, 5.74) is 1.66. The van der Waals surface area contributed by atoms with Crippen LogP contribution in [0.25, 0.3) is 0 Å². The molecule has 0 spiro atoms. The molecule has 3 aromatic rings. The van der Waals surface area contributed by atoms with Crippen LogP contribution in [0, 0.1) is 11.3 Å². The van der Waals surface area contributed by atoms with Crippen LogP contribution in [-0.2, 0) is 4.79 Å². The molecule has 1 fully saturated rings.